The van der Waals surface area contributed by atoms with Gasteiger partial charge in [0.15, 0.2) is 0 Å². The number of hydrogen-bond acceptors (Lipinski definition) is 3. The maximum absolute atomic E-state index is 13.0. The fraction of sp³-hybridized carbons (Fsp3) is 0.474. The third kappa shape index (κ3) is 3.88. The van der Waals surface area contributed by atoms with E-state index in [0.29, 0.717) is 36.0 Å². The second kappa shape index (κ2) is 7.18. The molecule has 1 aromatic carbocycles. The van der Waals surface area contributed by atoms with Gasteiger partial charge in [-0.3, -0.25) is 4.79 Å². The number of ether oxygens (including phenoxy) is 1. The second-order valence-corrected chi connectivity index (χ2v) is 7.22. The molecule has 0 radical (unpaired) electrons. The van der Waals surface area contributed by atoms with Gasteiger partial charge >= 0.3 is 0 Å². The van der Waals surface area contributed by atoms with Crippen molar-refractivity contribution >= 4 is 17.5 Å². The molecule has 2 atom stereocenters. The molecule has 0 unspecified atom stereocenters. The number of carbonyl (C=O) groups is 1. The van der Waals surface area contributed by atoms with Gasteiger partial charge in [-0.2, -0.15) is 5.10 Å². The van der Waals surface area contributed by atoms with Crippen molar-refractivity contribution in [1.29, 1.82) is 0 Å². The van der Waals surface area contributed by atoms with Gasteiger partial charge in [-0.25, -0.2) is 4.68 Å². The van der Waals surface area contributed by atoms with Crippen molar-refractivity contribution in [2.24, 2.45) is 0 Å². The van der Waals surface area contributed by atoms with E-state index in [9.17, 15) is 4.79 Å². The normalized spacial score (nSPS) is 20.8. The van der Waals surface area contributed by atoms with Gasteiger partial charge in [0.25, 0.3) is 5.91 Å². The summed E-state index contributed by atoms with van der Waals surface area (Å²) in [6.07, 6.45) is 0.0452. The van der Waals surface area contributed by atoms with Crippen LogP contribution in [-0.2, 0) is 11.3 Å². The third-order valence-electron chi connectivity index (χ3n) is 4.44. The smallest absolute Gasteiger partial charge is 0.259 e. The van der Waals surface area contributed by atoms with Crippen molar-refractivity contribution in [3.8, 4) is 0 Å². The minimum absolute atomic E-state index is 0.0226. The first-order valence-electron chi connectivity index (χ1n) is 8.58. The highest BCUT2D eigenvalue weighted by Gasteiger charge is 2.30. The Morgan fingerprint density at radius 3 is 2.40 bits per heavy atom. The molecule has 1 saturated heterocycles. The summed E-state index contributed by atoms with van der Waals surface area (Å²) in [5, 5.41) is 4.89. The van der Waals surface area contributed by atoms with Gasteiger partial charge in [-0.05, 0) is 33.3 Å². The van der Waals surface area contributed by atoms with Gasteiger partial charge in [0, 0.05) is 13.1 Å². The number of morpholine rings is 1. The molecule has 3 rings (SSSR count). The van der Waals surface area contributed by atoms with Gasteiger partial charge in [0.1, 0.15) is 5.15 Å². The van der Waals surface area contributed by atoms with Gasteiger partial charge in [-0.15, -0.1) is 0 Å². The van der Waals surface area contributed by atoms with Crippen molar-refractivity contribution in [2.45, 2.75) is 46.4 Å². The molecule has 1 aromatic heterocycles. The number of nitrogens with zero attached hydrogens (tertiary/aromatic N) is 3. The first-order valence-corrected chi connectivity index (χ1v) is 8.96. The molecular formula is C19H24ClN3O2. The second-order valence-electron chi connectivity index (χ2n) is 6.86. The van der Waals surface area contributed by atoms with Crippen LogP contribution in [0.2, 0.25) is 5.15 Å². The fourth-order valence-electron chi connectivity index (χ4n) is 3.27. The summed E-state index contributed by atoms with van der Waals surface area (Å²) in [4.78, 5) is 14.8. The number of hydrogen-bond donors (Lipinski definition) is 0. The van der Waals surface area contributed by atoms with Crippen molar-refractivity contribution in [3.63, 3.8) is 0 Å². The Kier molecular flexibility index (Phi) is 5.16. The Bertz CT molecular complexity index is 760. The SMILES string of the molecule is Cc1ccc(Cn2nc(C)c(C(=O)N3C[C@@H](C)O[C@H](C)C3)c2Cl)cc1. The zero-order chi connectivity index (χ0) is 18.1. The lowest BCUT2D eigenvalue weighted by molar-refractivity contribution is -0.0586. The summed E-state index contributed by atoms with van der Waals surface area (Å²) >= 11 is 6.52. The van der Waals surface area contributed by atoms with E-state index in [4.69, 9.17) is 16.3 Å². The number of rotatable bonds is 3. The molecule has 1 amide bonds. The Morgan fingerprint density at radius 2 is 1.80 bits per heavy atom. The molecule has 1 fully saturated rings. The van der Waals surface area contributed by atoms with Crippen LogP contribution in [0, 0.1) is 13.8 Å². The zero-order valence-corrected chi connectivity index (χ0v) is 15.9. The molecular weight excluding hydrogens is 338 g/mol. The molecule has 1 aliphatic rings. The van der Waals surface area contributed by atoms with E-state index in [1.807, 2.05) is 25.7 Å². The quantitative estimate of drug-likeness (QED) is 0.841. The van der Waals surface area contributed by atoms with Crippen LogP contribution >= 0.6 is 11.6 Å². The lowest BCUT2D eigenvalue weighted by atomic mass is 10.1. The summed E-state index contributed by atoms with van der Waals surface area (Å²) in [6, 6.07) is 8.22. The molecule has 5 nitrogen and oxygen atoms in total. The highest BCUT2D eigenvalue weighted by molar-refractivity contribution is 6.33. The molecule has 25 heavy (non-hydrogen) atoms. The first kappa shape index (κ1) is 18.0. The molecule has 0 bridgehead atoms. The fourth-order valence-corrected chi connectivity index (χ4v) is 3.58. The highest BCUT2D eigenvalue weighted by atomic mass is 35.5. The summed E-state index contributed by atoms with van der Waals surface area (Å²) in [5.74, 6) is -0.0698. The monoisotopic (exact) mass is 361 g/mol. The predicted molar refractivity (Wildman–Crippen MR) is 98.2 cm³/mol. The van der Waals surface area contributed by atoms with E-state index in [2.05, 4.69) is 36.3 Å². The lowest BCUT2D eigenvalue weighted by Crippen LogP contribution is -2.48. The minimum Gasteiger partial charge on any atom is -0.372 e. The van der Waals surface area contributed by atoms with Crippen molar-refractivity contribution in [3.05, 3.63) is 51.8 Å². The molecule has 134 valence electrons. The average molecular weight is 362 g/mol. The molecule has 0 spiro atoms. The topological polar surface area (TPSA) is 47.4 Å². The third-order valence-corrected chi connectivity index (χ3v) is 4.82. The van der Waals surface area contributed by atoms with Crippen LogP contribution in [-0.4, -0.2) is 45.9 Å². The highest BCUT2D eigenvalue weighted by Crippen LogP contribution is 2.24. The van der Waals surface area contributed by atoms with E-state index in [-0.39, 0.29) is 18.1 Å². The molecule has 0 aliphatic carbocycles. The van der Waals surface area contributed by atoms with Crippen LogP contribution in [0.1, 0.15) is 41.0 Å². The molecule has 2 heterocycles. The Hall–Kier alpha value is -1.85. The number of amides is 1. The zero-order valence-electron chi connectivity index (χ0n) is 15.1. The Balaban J connectivity index is 1.84. The van der Waals surface area contributed by atoms with E-state index < -0.39 is 0 Å². The maximum Gasteiger partial charge on any atom is 0.259 e. The number of carbonyl (C=O) groups excluding carboxylic acids is 1. The first-order chi connectivity index (χ1) is 11.8. The van der Waals surface area contributed by atoms with Crippen LogP contribution in [0.5, 0.6) is 0 Å². The van der Waals surface area contributed by atoms with Crippen molar-refractivity contribution in [2.75, 3.05) is 13.1 Å². The van der Waals surface area contributed by atoms with Crippen LogP contribution in [0.3, 0.4) is 0 Å². The van der Waals surface area contributed by atoms with Crippen LogP contribution in [0.4, 0.5) is 0 Å². The molecule has 6 heteroatoms. The average Bonchev–Trinajstić information content (AvgIpc) is 2.82. The number of aryl methyl sites for hydroxylation is 2. The Morgan fingerprint density at radius 1 is 1.20 bits per heavy atom. The molecule has 0 saturated carbocycles. The van der Waals surface area contributed by atoms with E-state index in [1.165, 1.54) is 5.56 Å². The van der Waals surface area contributed by atoms with E-state index in [0.717, 1.165) is 5.56 Å². The van der Waals surface area contributed by atoms with E-state index in [1.54, 1.807) is 4.68 Å². The van der Waals surface area contributed by atoms with Crippen LogP contribution in [0.25, 0.3) is 0 Å². The van der Waals surface area contributed by atoms with Crippen LogP contribution < -0.4 is 0 Å². The van der Waals surface area contributed by atoms with Gasteiger partial charge in [0.05, 0.1) is 30.0 Å². The molecule has 2 aromatic rings. The molecule has 1 aliphatic heterocycles. The van der Waals surface area contributed by atoms with Crippen molar-refractivity contribution < 1.29 is 9.53 Å². The van der Waals surface area contributed by atoms with E-state index >= 15 is 0 Å². The number of aromatic nitrogens is 2. The van der Waals surface area contributed by atoms with Gasteiger partial charge in [-0.1, -0.05) is 41.4 Å². The number of halogens is 1. The van der Waals surface area contributed by atoms with Crippen LogP contribution in [0.15, 0.2) is 24.3 Å². The summed E-state index contributed by atoms with van der Waals surface area (Å²) in [7, 11) is 0. The number of benzene rings is 1. The Labute approximate surface area is 153 Å². The standard InChI is InChI=1S/C19H24ClN3O2/c1-12-5-7-16(8-6-12)11-23-18(20)17(15(4)21-23)19(24)22-9-13(2)25-14(3)10-22/h5-8,13-14H,9-11H2,1-4H3/t13-,14-/m1/s1. The molecule has 0 N–H and O–H groups in total. The van der Waals surface area contributed by atoms with Gasteiger partial charge < -0.3 is 9.64 Å². The maximum atomic E-state index is 13.0. The predicted octanol–water partition coefficient (Wildman–Crippen LogP) is 3.45. The van der Waals surface area contributed by atoms with Crippen molar-refractivity contribution in [1.82, 2.24) is 14.7 Å². The largest absolute Gasteiger partial charge is 0.372 e. The summed E-state index contributed by atoms with van der Waals surface area (Å²) < 4.78 is 7.41. The summed E-state index contributed by atoms with van der Waals surface area (Å²) in [5.41, 5.74) is 3.46. The summed E-state index contributed by atoms with van der Waals surface area (Å²) in [6.45, 7) is 9.53. The van der Waals surface area contributed by atoms with Gasteiger partial charge in [0.2, 0.25) is 0 Å². The lowest BCUT2D eigenvalue weighted by Gasteiger charge is -2.35. The minimum atomic E-state index is -0.0698.